The highest BCUT2D eigenvalue weighted by Gasteiger charge is 2.40. The van der Waals surface area contributed by atoms with Gasteiger partial charge in [-0.05, 0) is 63.6 Å². The van der Waals surface area contributed by atoms with Gasteiger partial charge in [-0.1, -0.05) is 30.3 Å². The Morgan fingerprint density at radius 1 is 1.13 bits per heavy atom. The average Bonchev–Trinajstić information content (AvgIpc) is 3.36. The number of piperidine rings is 1. The summed E-state index contributed by atoms with van der Waals surface area (Å²) in [4.78, 5) is 17.0. The van der Waals surface area contributed by atoms with E-state index in [9.17, 15) is 4.79 Å². The SMILES string of the molecule is CCN(CC)C(=O)C1CCN(C[C@@H]2C[C@H]2c2ccccc2)CC1. The van der Waals surface area contributed by atoms with Gasteiger partial charge in [0.2, 0.25) is 5.91 Å². The number of likely N-dealkylation sites (tertiary alicyclic amines) is 1. The Bertz CT molecular complexity index is 504. The molecule has 0 unspecified atom stereocenters. The molecule has 1 saturated heterocycles. The molecule has 1 saturated carbocycles. The quantitative estimate of drug-likeness (QED) is 0.804. The van der Waals surface area contributed by atoms with Crippen LogP contribution >= 0.6 is 0 Å². The second-order valence-electron chi connectivity index (χ2n) is 7.10. The molecule has 0 radical (unpaired) electrons. The summed E-state index contributed by atoms with van der Waals surface area (Å²) in [6, 6.07) is 10.9. The minimum absolute atomic E-state index is 0.260. The van der Waals surface area contributed by atoms with Crippen LogP contribution in [0.1, 0.15) is 44.6 Å². The molecule has 3 rings (SSSR count). The summed E-state index contributed by atoms with van der Waals surface area (Å²) in [6.07, 6.45) is 3.42. The Balaban J connectivity index is 1.43. The molecule has 1 aliphatic heterocycles. The number of hydrogen-bond acceptors (Lipinski definition) is 2. The Kier molecular flexibility index (Phi) is 5.37. The number of hydrogen-bond donors (Lipinski definition) is 0. The molecule has 0 spiro atoms. The highest BCUT2D eigenvalue weighted by atomic mass is 16.2. The van der Waals surface area contributed by atoms with E-state index in [0.29, 0.717) is 5.91 Å². The highest BCUT2D eigenvalue weighted by Crippen LogP contribution is 2.47. The zero-order chi connectivity index (χ0) is 16.2. The minimum atomic E-state index is 0.260. The minimum Gasteiger partial charge on any atom is -0.343 e. The summed E-state index contributed by atoms with van der Waals surface area (Å²) in [6.45, 7) is 9.24. The van der Waals surface area contributed by atoms with Crippen molar-refractivity contribution >= 4 is 5.91 Å². The van der Waals surface area contributed by atoms with E-state index in [-0.39, 0.29) is 5.92 Å². The molecule has 126 valence electrons. The van der Waals surface area contributed by atoms with Gasteiger partial charge >= 0.3 is 0 Å². The molecule has 3 nitrogen and oxygen atoms in total. The molecular weight excluding hydrogens is 284 g/mol. The summed E-state index contributed by atoms with van der Waals surface area (Å²) < 4.78 is 0. The smallest absolute Gasteiger partial charge is 0.225 e. The first-order valence-corrected chi connectivity index (χ1v) is 9.29. The van der Waals surface area contributed by atoms with Crippen LogP contribution in [0.15, 0.2) is 30.3 Å². The molecule has 3 heteroatoms. The van der Waals surface area contributed by atoms with Gasteiger partial charge in [-0.25, -0.2) is 0 Å². The lowest BCUT2D eigenvalue weighted by Gasteiger charge is -2.33. The summed E-state index contributed by atoms with van der Waals surface area (Å²) in [5.74, 6) is 2.23. The van der Waals surface area contributed by atoms with Gasteiger partial charge in [-0.15, -0.1) is 0 Å². The lowest BCUT2D eigenvalue weighted by molar-refractivity contribution is -0.136. The van der Waals surface area contributed by atoms with Crippen molar-refractivity contribution < 1.29 is 4.79 Å². The molecule has 0 N–H and O–H groups in total. The lowest BCUT2D eigenvalue weighted by Crippen LogP contribution is -2.43. The molecule has 1 heterocycles. The van der Waals surface area contributed by atoms with Crippen molar-refractivity contribution in [2.75, 3.05) is 32.7 Å². The molecule has 1 aromatic carbocycles. The fourth-order valence-electron chi connectivity index (χ4n) is 4.05. The van der Waals surface area contributed by atoms with E-state index in [0.717, 1.165) is 50.9 Å². The van der Waals surface area contributed by atoms with Crippen LogP contribution in [0.3, 0.4) is 0 Å². The number of amides is 1. The van der Waals surface area contributed by atoms with Gasteiger partial charge in [0.25, 0.3) is 0 Å². The first-order chi connectivity index (χ1) is 11.2. The third-order valence-corrected chi connectivity index (χ3v) is 5.65. The summed E-state index contributed by atoms with van der Waals surface area (Å²) in [5.41, 5.74) is 1.50. The van der Waals surface area contributed by atoms with Crippen molar-refractivity contribution in [3.63, 3.8) is 0 Å². The number of nitrogens with zero attached hydrogens (tertiary/aromatic N) is 2. The van der Waals surface area contributed by atoms with Gasteiger partial charge in [0.1, 0.15) is 0 Å². The third-order valence-electron chi connectivity index (χ3n) is 5.65. The first kappa shape index (κ1) is 16.5. The summed E-state index contributed by atoms with van der Waals surface area (Å²) in [7, 11) is 0. The number of carbonyl (C=O) groups excluding carboxylic acids is 1. The number of carbonyl (C=O) groups is 1. The molecular formula is C20H30N2O. The van der Waals surface area contributed by atoms with Gasteiger partial charge in [0, 0.05) is 25.6 Å². The van der Waals surface area contributed by atoms with Crippen molar-refractivity contribution in [1.82, 2.24) is 9.80 Å². The fourth-order valence-corrected chi connectivity index (χ4v) is 4.05. The molecule has 0 bridgehead atoms. The van der Waals surface area contributed by atoms with Crippen LogP contribution < -0.4 is 0 Å². The zero-order valence-corrected chi connectivity index (χ0v) is 14.6. The van der Waals surface area contributed by atoms with Crippen LogP contribution in [0.2, 0.25) is 0 Å². The predicted molar refractivity (Wildman–Crippen MR) is 94.4 cm³/mol. The van der Waals surface area contributed by atoms with E-state index in [1.54, 1.807) is 0 Å². The Morgan fingerprint density at radius 2 is 1.78 bits per heavy atom. The normalized spacial score (nSPS) is 25.3. The van der Waals surface area contributed by atoms with E-state index >= 15 is 0 Å². The predicted octanol–water partition coefficient (Wildman–Crippen LogP) is 3.37. The summed E-state index contributed by atoms with van der Waals surface area (Å²) >= 11 is 0. The van der Waals surface area contributed by atoms with Gasteiger partial charge in [0.15, 0.2) is 0 Å². The second-order valence-corrected chi connectivity index (χ2v) is 7.10. The maximum atomic E-state index is 12.4. The van der Waals surface area contributed by atoms with Gasteiger partial charge in [-0.3, -0.25) is 4.79 Å². The molecule has 1 aliphatic carbocycles. The number of benzene rings is 1. The topological polar surface area (TPSA) is 23.6 Å². The molecule has 2 fully saturated rings. The molecule has 23 heavy (non-hydrogen) atoms. The van der Waals surface area contributed by atoms with Crippen LogP contribution in [-0.2, 0) is 4.79 Å². The Labute approximate surface area is 140 Å². The van der Waals surface area contributed by atoms with Gasteiger partial charge in [-0.2, -0.15) is 0 Å². The number of rotatable bonds is 6. The van der Waals surface area contributed by atoms with Crippen LogP contribution in [-0.4, -0.2) is 48.4 Å². The van der Waals surface area contributed by atoms with Gasteiger partial charge < -0.3 is 9.80 Å². The second kappa shape index (κ2) is 7.48. The van der Waals surface area contributed by atoms with E-state index in [1.165, 1.54) is 18.5 Å². The standard InChI is InChI=1S/C20H30N2O/c1-3-22(4-2)20(23)17-10-12-21(13-11-17)15-18-14-19(18)16-8-6-5-7-9-16/h5-9,17-19H,3-4,10-15H2,1-2H3/t18-,19-/m0/s1. The van der Waals surface area contributed by atoms with Crippen molar-refractivity contribution in [2.45, 2.75) is 39.0 Å². The molecule has 1 aromatic rings. The highest BCUT2D eigenvalue weighted by molar-refractivity contribution is 5.78. The van der Waals surface area contributed by atoms with Gasteiger partial charge in [0.05, 0.1) is 0 Å². The third kappa shape index (κ3) is 3.95. The lowest BCUT2D eigenvalue weighted by atomic mass is 9.95. The average molecular weight is 314 g/mol. The van der Waals surface area contributed by atoms with Crippen LogP contribution in [0.4, 0.5) is 0 Å². The zero-order valence-electron chi connectivity index (χ0n) is 14.6. The largest absolute Gasteiger partial charge is 0.343 e. The summed E-state index contributed by atoms with van der Waals surface area (Å²) in [5, 5.41) is 0. The molecule has 1 amide bonds. The van der Waals surface area contributed by atoms with Crippen molar-refractivity contribution in [2.24, 2.45) is 11.8 Å². The monoisotopic (exact) mass is 314 g/mol. The first-order valence-electron chi connectivity index (χ1n) is 9.29. The van der Waals surface area contributed by atoms with E-state index < -0.39 is 0 Å². The maximum absolute atomic E-state index is 12.4. The molecule has 2 aliphatic rings. The van der Waals surface area contributed by atoms with Crippen LogP contribution in [0.25, 0.3) is 0 Å². The van der Waals surface area contributed by atoms with E-state index in [4.69, 9.17) is 0 Å². The fraction of sp³-hybridized carbons (Fsp3) is 0.650. The Morgan fingerprint density at radius 3 is 2.39 bits per heavy atom. The van der Waals surface area contributed by atoms with E-state index in [2.05, 4.69) is 49.1 Å². The molecule has 0 aromatic heterocycles. The van der Waals surface area contributed by atoms with Crippen molar-refractivity contribution in [3.05, 3.63) is 35.9 Å². The maximum Gasteiger partial charge on any atom is 0.225 e. The van der Waals surface area contributed by atoms with Crippen LogP contribution in [0.5, 0.6) is 0 Å². The van der Waals surface area contributed by atoms with E-state index in [1.807, 2.05) is 4.90 Å². The Hall–Kier alpha value is -1.35. The molecule has 2 atom stereocenters. The van der Waals surface area contributed by atoms with Crippen molar-refractivity contribution in [3.8, 4) is 0 Å². The van der Waals surface area contributed by atoms with Crippen molar-refractivity contribution in [1.29, 1.82) is 0 Å². The van der Waals surface area contributed by atoms with Crippen LogP contribution in [0, 0.1) is 11.8 Å².